The number of benzene rings is 2. The van der Waals surface area contributed by atoms with Crippen LogP contribution in [0, 0.1) is 13.8 Å². The van der Waals surface area contributed by atoms with Gasteiger partial charge in [0.15, 0.2) is 0 Å². The monoisotopic (exact) mass is 404 g/mol. The molecule has 0 aliphatic carbocycles. The van der Waals surface area contributed by atoms with Gasteiger partial charge in [0.25, 0.3) is 5.91 Å². The molecule has 0 spiro atoms. The van der Waals surface area contributed by atoms with Gasteiger partial charge in [-0.3, -0.25) is 25.2 Å². The molecule has 1 atom stereocenters. The van der Waals surface area contributed by atoms with Crippen molar-refractivity contribution in [3.63, 3.8) is 0 Å². The highest BCUT2D eigenvalue weighted by Crippen LogP contribution is 2.38. The Labute approximate surface area is 174 Å². The van der Waals surface area contributed by atoms with Gasteiger partial charge in [-0.25, -0.2) is 0 Å². The van der Waals surface area contributed by atoms with E-state index < -0.39 is 28.7 Å². The topological polar surface area (TPSA) is 98.0 Å². The second-order valence-electron chi connectivity index (χ2n) is 7.42. The summed E-state index contributed by atoms with van der Waals surface area (Å²) in [5.41, 5.74) is 0.854. The molecule has 7 nitrogen and oxygen atoms in total. The van der Waals surface area contributed by atoms with Gasteiger partial charge in [0.2, 0.25) is 11.7 Å². The maximum atomic E-state index is 13.0. The number of hydrogen-bond donors (Lipinski definition) is 1. The number of carbonyl (C=O) groups is 3. The van der Waals surface area contributed by atoms with Gasteiger partial charge >= 0.3 is 0 Å². The fraction of sp³-hybridized carbons (Fsp3) is 0.261. The summed E-state index contributed by atoms with van der Waals surface area (Å²) in [6, 6.07) is 12.2. The van der Waals surface area contributed by atoms with E-state index in [-0.39, 0.29) is 6.42 Å². The number of nitrogens with one attached hydrogen (secondary N) is 1. The van der Waals surface area contributed by atoms with Gasteiger partial charge in [0.1, 0.15) is 16.9 Å². The third-order valence-corrected chi connectivity index (χ3v) is 5.32. The fourth-order valence-electron chi connectivity index (χ4n) is 3.70. The molecule has 2 amide bonds. The lowest BCUT2D eigenvalue weighted by atomic mass is 9.90. The molecule has 0 aromatic heterocycles. The number of rotatable bonds is 5. The predicted octanol–water partition coefficient (Wildman–Crippen LogP) is 3.18. The number of amides is 2. The van der Waals surface area contributed by atoms with Crippen LogP contribution in [0.15, 0.2) is 48.0 Å². The van der Waals surface area contributed by atoms with Crippen molar-refractivity contribution >= 4 is 34.8 Å². The summed E-state index contributed by atoms with van der Waals surface area (Å²) in [6.07, 6.45) is -0.289. The first-order valence-corrected chi connectivity index (χ1v) is 9.39. The van der Waals surface area contributed by atoms with Gasteiger partial charge in [-0.15, -0.1) is 0 Å². The van der Waals surface area contributed by atoms with Crippen LogP contribution in [0.25, 0.3) is 5.41 Å². The summed E-state index contributed by atoms with van der Waals surface area (Å²) < 4.78 is 5.14. The van der Waals surface area contributed by atoms with E-state index in [0.717, 1.165) is 11.1 Å². The molecule has 1 N–H and O–H groups in total. The van der Waals surface area contributed by atoms with Crippen molar-refractivity contribution in [2.75, 3.05) is 17.3 Å². The second-order valence-corrected chi connectivity index (χ2v) is 7.42. The van der Waals surface area contributed by atoms with Gasteiger partial charge in [-0.1, -0.05) is 18.2 Å². The Kier molecular flexibility index (Phi) is 5.58. The highest BCUT2D eigenvalue weighted by molar-refractivity contribution is 6.39. The average Bonchev–Trinajstić information content (AvgIpc) is 2.90. The fourth-order valence-corrected chi connectivity index (χ4v) is 3.70. The molecule has 1 aliphatic rings. The number of anilines is 2. The number of methoxy groups -OCH3 is 1. The molecule has 1 fully saturated rings. The maximum Gasteiger partial charge on any atom is 0.268 e. The molecule has 1 heterocycles. The lowest BCUT2D eigenvalue weighted by Crippen LogP contribution is -2.49. The summed E-state index contributed by atoms with van der Waals surface area (Å²) in [4.78, 5) is 39.9. The Morgan fingerprint density at radius 2 is 1.73 bits per heavy atom. The zero-order valence-corrected chi connectivity index (χ0v) is 17.3. The zero-order valence-electron chi connectivity index (χ0n) is 17.3. The lowest BCUT2D eigenvalue weighted by molar-refractivity contribution is -0.124. The molecule has 2 aromatic carbocycles. The first kappa shape index (κ1) is 21.0. The third-order valence-electron chi connectivity index (χ3n) is 5.32. The summed E-state index contributed by atoms with van der Waals surface area (Å²) >= 11 is 0. The normalized spacial score (nSPS) is 18.4. The van der Waals surface area contributed by atoms with Gasteiger partial charge in [-0.05, 0) is 56.2 Å². The van der Waals surface area contributed by atoms with E-state index in [0.29, 0.717) is 17.1 Å². The lowest BCUT2D eigenvalue weighted by Gasteiger charge is -2.33. The largest absolute Gasteiger partial charge is 0.763 e. The third kappa shape index (κ3) is 3.51. The molecular weight excluding hydrogens is 382 g/mol. The van der Waals surface area contributed by atoms with Crippen LogP contribution in [0.3, 0.4) is 0 Å². The number of ketones is 1. The van der Waals surface area contributed by atoms with E-state index in [4.69, 9.17) is 4.74 Å². The van der Waals surface area contributed by atoms with Crippen LogP contribution in [-0.2, 0) is 14.4 Å². The Hall–Kier alpha value is -3.70. The first-order valence-electron chi connectivity index (χ1n) is 9.39. The van der Waals surface area contributed by atoms with E-state index in [9.17, 15) is 19.8 Å². The standard InChI is InChI=1S/C23H22N3O4/c1-14-6-5-7-15(2)20(14)25-19(27)12-23(3)21(28)18(13-24)22(29)26(23)16-8-10-17(30-4)11-9-16/h5-11H,12H2,1-4H3,(H,25,27)/q-1. The molecule has 30 heavy (non-hydrogen) atoms. The Bertz CT molecular complexity index is 1060. The molecule has 0 saturated carbocycles. The van der Waals surface area contributed by atoms with Crippen molar-refractivity contribution in [3.05, 3.63) is 64.6 Å². The van der Waals surface area contributed by atoms with Gasteiger partial charge < -0.3 is 15.5 Å². The average molecular weight is 404 g/mol. The Morgan fingerprint density at radius 3 is 2.27 bits per heavy atom. The highest BCUT2D eigenvalue weighted by Gasteiger charge is 2.53. The highest BCUT2D eigenvalue weighted by atomic mass is 16.5. The molecule has 154 valence electrons. The van der Waals surface area contributed by atoms with Gasteiger partial charge in [-0.2, -0.15) is 0 Å². The molecule has 1 aliphatic heterocycles. The van der Waals surface area contributed by atoms with Crippen LogP contribution in [0.5, 0.6) is 5.75 Å². The summed E-state index contributed by atoms with van der Waals surface area (Å²) in [7, 11) is 1.52. The van der Waals surface area contributed by atoms with Crippen LogP contribution >= 0.6 is 0 Å². The van der Waals surface area contributed by atoms with Crippen LogP contribution in [-0.4, -0.2) is 36.1 Å². The smallest absolute Gasteiger partial charge is 0.268 e. The van der Waals surface area contributed by atoms with E-state index in [1.54, 1.807) is 30.1 Å². The number of nitrogens with zero attached hydrogens (tertiary/aromatic N) is 2. The number of ether oxygens (including phenoxy) is 1. The Balaban J connectivity index is 1.97. The number of hydrogen-bond acceptors (Lipinski definition) is 4. The van der Waals surface area contributed by atoms with Crippen molar-refractivity contribution < 1.29 is 19.1 Å². The van der Waals surface area contributed by atoms with Crippen molar-refractivity contribution in [2.24, 2.45) is 0 Å². The first-order chi connectivity index (χ1) is 14.2. The number of aryl methyl sites for hydroxylation is 2. The van der Waals surface area contributed by atoms with Crippen LogP contribution in [0.1, 0.15) is 24.5 Å². The van der Waals surface area contributed by atoms with E-state index in [1.807, 2.05) is 32.0 Å². The number of Topliss-reactive ketones (excluding diaryl/α,β-unsaturated/α-hetero) is 1. The minimum atomic E-state index is -1.52. The van der Waals surface area contributed by atoms with E-state index in [2.05, 4.69) is 5.32 Å². The van der Waals surface area contributed by atoms with Crippen LogP contribution in [0.4, 0.5) is 11.4 Å². The summed E-state index contributed by atoms with van der Waals surface area (Å²) in [6.45, 7) is 5.26. The van der Waals surface area contributed by atoms with E-state index in [1.165, 1.54) is 18.9 Å². The molecule has 1 unspecified atom stereocenters. The Morgan fingerprint density at radius 1 is 1.13 bits per heavy atom. The van der Waals surface area contributed by atoms with Crippen molar-refractivity contribution in [2.45, 2.75) is 32.7 Å². The second kappa shape index (κ2) is 7.97. The van der Waals surface area contributed by atoms with Gasteiger partial charge in [0.05, 0.1) is 13.5 Å². The molecule has 3 rings (SSSR count). The van der Waals surface area contributed by atoms with Crippen molar-refractivity contribution in [1.82, 2.24) is 0 Å². The van der Waals surface area contributed by atoms with Gasteiger partial charge in [0, 0.05) is 11.4 Å². The van der Waals surface area contributed by atoms with Crippen molar-refractivity contribution in [3.8, 4) is 5.75 Å². The zero-order chi connectivity index (χ0) is 22.1. The molecular formula is C23H22N3O4-. The van der Waals surface area contributed by atoms with Crippen molar-refractivity contribution in [1.29, 1.82) is 0 Å². The van der Waals surface area contributed by atoms with Crippen LogP contribution < -0.4 is 15.0 Å². The summed E-state index contributed by atoms with van der Waals surface area (Å²) in [5, 5.41) is 12.2. The predicted molar refractivity (Wildman–Crippen MR) is 115 cm³/mol. The van der Waals surface area contributed by atoms with E-state index >= 15 is 0 Å². The van der Waals surface area contributed by atoms with Crippen LogP contribution in [0.2, 0.25) is 0 Å². The molecule has 1 saturated heterocycles. The maximum absolute atomic E-state index is 13.0. The summed E-state index contributed by atoms with van der Waals surface area (Å²) in [5.74, 6) is 0.481. The molecule has 0 bridgehead atoms. The minimum Gasteiger partial charge on any atom is -0.763 e. The molecule has 2 aromatic rings. The molecule has 0 radical (unpaired) electrons. The number of para-hydroxylation sites is 1. The minimum absolute atomic E-state index is 0.289. The quantitative estimate of drug-likeness (QED) is 0.470. The molecule has 7 heteroatoms. The number of carbonyl (C=O) groups excluding carboxylic acids is 3. The SMILES string of the molecule is COc1ccc(N2C(=O)C(=C=[N-])C(=O)C2(C)CC(=O)Nc2c(C)cccc2C)cc1.